The van der Waals surface area contributed by atoms with E-state index >= 15 is 0 Å². The summed E-state index contributed by atoms with van der Waals surface area (Å²) in [5, 5.41) is 0. The fourth-order valence-corrected chi connectivity index (χ4v) is 4.16. The quantitative estimate of drug-likeness (QED) is 0.587. The van der Waals surface area contributed by atoms with Crippen LogP contribution in [0.5, 0.6) is 0 Å². The molecular formula is C17H12F2O7. The van der Waals surface area contributed by atoms with Crippen molar-refractivity contribution in [2.45, 2.75) is 31.0 Å². The second-order valence-electron chi connectivity index (χ2n) is 6.36. The van der Waals surface area contributed by atoms with Gasteiger partial charge >= 0.3 is 30.5 Å². The molecule has 0 N–H and O–H groups in total. The van der Waals surface area contributed by atoms with Crippen LogP contribution >= 0.6 is 0 Å². The van der Waals surface area contributed by atoms with Crippen molar-refractivity contribution >= 4 is 23.9 Å². The summed E-state index contributed by atoms with van der Waals surface area (Å²) in [6, 6.07) is 6.36. The van der Waals surface area contributed by atoms with E-state index in [0.717, 1.165) is 0 Å². The van der Waals surface area contributed by atoms with Crippen LogP contribution in [0.2, 0.25) is 0 Å². The average Bonchev–Trinajstić information content (AvgIpc) is 3.05. The van der Waals surface area contributed by atoms with Crippen LogP contribution in [-0.2, 0) is 33.4 Å². The number of hydrogen-bond acceptors (Lipinski definition) is 7. The highest BCUT2D eigenvalue weighted by atomic mass is 19.3. The molecule has 0 bridgehead atoms. The molecule has 0 aromatic heterocycles. The van der Waals surface area contributed by atoms with Crippen LogP contribution in [0.25, 0.3) is 0 Å². The summed E-state index contributed by atoms with van der Waals surface area (Å²) in [6.07, 6.45) is -1.82. The Morgan fingerprint density at radius 1 is 0.923 bits per heavy atom. The maximum atomic E-state index is 13.1. The zero-order valence-corrected chi connectivity index (χ0v) is 13.1. The minimum absolute atomic E-state index is 0.318. The van der Waals surface area contributed by atoms with Crippen molar-refractivity contribution in [3.63, 3.8) is 0 Å². The standard InChI is InChI=1S/C17H12F2O7/c18-17(19)25-13-10(8-5-9(20)24-14(8)21)6-3-1-2-4-7(6)11-12(13)16(23)26-15(11)22/h1-4,8,10-13,17H,5H2. The molecule has 26 heavy (non-hydrogen) atoms. The molecule has 4 rings (SSSR count). The molecule has 0 radical (unpaired) electrons. The molecule has 0 amide bonds. The van der Waals surface area contributed by atoms with E-state index in [2.05, 4.69) is 14.2 Å². The first-order chi connectivity index (χ1) is 12.4. The molecule has 0 spiro atoms. The van der Waals surface area contributed by atoms with Gasteiger partial charge in [-0.05, 0) is 11.1 Å². The first kappa shape index (κ1) is 16.8. The predicted octanol–water partition coefficient (Wildman–Crippen LogP) is 1.26. The van der Waals surface area contributed by atoms with Crippen molar-refractivity contribution in [2.75, 3.05) is 0 Å². The number of cyclic esters (lactones) is 4. The Hall–Kier alpha value is -2.68. The van der Waals surface area contributed by atoms with Crippen LogP contribution in [-0.4, -0.2) is 36.6 Å². The fourth-order valence-electron chi connectivity index (χ4n) is 4.16. The van der Waals surface area contributed by atoms with Gasteiger partial charge in [-0.2, -0.15) is 8.78 Å². The lowest BCUT2D eigenvalue weighted by Crippen LogP contribution is -2.45. The molecule has 1 aromatic carbocycles. The number of alkyl halides is 2. The molecule has 5 atom stereocenters. The smallest absolute Gasteiger partial charge is 0.345 e. The Kier molecular flexibility index (Phi) is 3.83. The second kappa shape index (κ2) is 5.94. The molecule has 1 aromatic rings. The third kappa shape index (κ3) is 2.42. The maximum Gasteiger partial charge on any atom is 0.345 e. The zero-order chi connectivity index (χ0) is 18.6. The first-order valence-corrected chi connectivity index (χ1v) is 7.91. The van der Waals surface area contributed by atoms with Crippen molar-refractivity contribution in [2.24, 2.45) is 11.8 Å². The van der Waals surface area contributed by atoms with Gasteiger partial charge in [-0.3, -0.25) is 19.2 Å². The van der Waals surface area contributed by atoms with Crippen molar-refractivity contribution < 1.29 is 42.2 Å². The fraction of sp³-hybridized carbons (Fsp3) is 0.412. The van der Waals surface area contributed by atoms with Gasteiger partial charge in [0.1, 0.15) is 5.92 Å². The molecule has 0 saturated carbocycles. The molecule has 2 aliphatic heterocycles. The minimum atomic E-state index is -3.25. The number of halogens is 2. The van der Waals surface area contributed by atoms with E-state index in [1.54, 1.807) is 24.3 Å². The lowest BCUT2D eigenvalue weighted by Gasteiger charge is -2.39. The van der Waals surface area contributed by atoms with Crippen molar-refractivity contribution in [1.29, 1.82) is 0 Å². The summed E-state index contributed by atoms with van der Waals surface area (Å²) < 4.78 is 40.0. The molecule has 2 saturated heterocycles. The highest BCUT2D eigenvalue weighted by Gasteiger charge is 2.60. The van der Waals surface area contributed by atoms with Gasteiger partial charge < -0.3 is 14.2 Å². The van der Waals surface area contributed by atoms with E-state index in [1.165, 1.54) is 0 Å². The number of carbonyl (C=O) groups is 4. The molecule has 7 nitrogen and oxygen atoms in total. The number of ether oxygens (including phenoxy) is 3. The van der Waals surface area contributed by atoms with E-state index in [1.807, 2.05) is 0 Å². The Morgan fingerprint density at radius 3 is 2.23 bits per heavy atom. The Balaban J connectivity index is 1.89. The van der Waals surface area contributed by atoms with Gasteiger partial charge in [-0.15, -0.1) is 0 Å². The largest absolute Gasteiger partial charge is 0.393 e. The normalized spacial score (nSPS) is 33.1. The van der Waals surface area contributed by atoms with Gasteiger partial charge in [0.2, 0.25) is 0 Å². The van der Waals surface area contributed by atoms with Gasteiger partial charge in [-0.1, -0.05) is 24.3 Å². The van der Waals surface area contributed by atoms with Crippen molar-refractivity contribution in [3.8, 4) is 0 Å². The summed E-state index contributed by atoms with van der Waals surface area (Å²) in [7, 11) is 0. The molecule has 136 valence electrons. The number of esters is 4. The lowest BCUT2D eigenvalue weighted by atomic mass is 9.65. The Bertz CT molecular complexity index is 821. The molecule has 1 aliphatic carbocycles. The van der Waals surface area contributed by atoms with Gasteiger partial charge in [0, 0.05) is 5.92 Å². The van der Waals surface area contributed by atoms with Gasteiger partial charge in [-0.25, -0.2) is 0 Å². The number of hydrogen-bond donors (Lipinski definition) is 0. The maximum absolute atomic E-state index is 13.1. The van der Waals surface area contributed by atoms with Crippen molar-refractivity contribution in [1.82, 2.24) is 0 Å². The lowest BCUT2D eigenvalue weighted by molar-refractivity contribution is -0.193. The third-order valence-corrected chi connectivity index (χ3v) is 5.08. The van der Waals surface area contributed by atoms with E-state index in [9.17, 15) is 28.0 Å². The van der Waals surface area contributed by atoms with Crippen LogP contribution in [0, 0.1) is 11.8 Å². The Labute approximate surface area is 145 Å². The van der Waals surface area contributed by atoms with Gasteiger partial charge in [0.25, 0.3) is 0 Å². The summed E-state index contributed by atoms with van der Waals surface area (Å²) in [5.41, 5.74) is 0.794. The molecular weight excluding hydrogens is 354 g/mol. The predicted molar refractivity (Wildman–Crippen MR) is 76.6 cm³/mol. The SMILES string of the molecule is O=C1CC(C2c3ccccc3C3C(=O)OC(=O)C3C2OC(F)F)C(=O)O1. The minimum Gasteiger partial charge on any atom is -0.393 e. The average molecular weight is 366 g/mol. The highest BCUT2D eigenvalue weighted by Crippen LogP contribution is 2.52. The number of rotatable bonds is 3. The Morgan fingerprint density at radius 2 is 1.62 bits per heavy atom. The molecule has 3 aliphatic rings. The van der Waals surface area contributed by atoms with E-state index in [-0.39, 0.29) is 6.42 Å². The second-order valence-corrected chi connectivity index (χ2v) is 6.36. The van der Waals surface area contributed by atoms with Crippen LogP contribution in [0.3, 0.4) is 0 Å². The summed E-state index contributed by atoms with van der Waals surface area (Å²) in [4.78, 5) is 47.9. The van der Waals surface area contributed by atoms with Crippen molar-refractivity contribution in [3.05, 3.63) is 35.4 Å². The summed E-state index contributed by atoms with van der Waals surface area (Å²) >= 11 is 0. The van der Waals surface area contributed by atoms with E-state index in [0.29, 0.717) is 11.1 Å². The molecule has 9 heteroatoms. The zero-order valence-electron chi connectivity index (χ0n) is 13.1. The van der Waals surface area contributed by atoms with Crippen LogP contribution < -0.4 is 0 Å². The third-order valence-electron chi connectivity index (χ3n) is 5.08. The molecule has 2 heterocycles. The number of benzene rings is 1. The van der Waals surface area contributed by atoms with Crippen LogP contribution in [0.15, 0.2) is 24.3 Å². The molecule has 5 unspecified atom stereocenters. The van der Waals surface area contributed by atoms with Crippen LogP contribution in [0.4, 0.5) is 8.78 Å². The first-order valence-electron chi connectivity index (χ1n) is 7.91. The van der Waals surface area contributed by atoms with Gasteiger partial charge in [0.15, 0.2) is 0 Å². The van der Waals surface area contributed by atoms with Gasteiger partial charge in [0.05, 0.1) is 24.4 Å². The summed E-state index contributed by atoms with van der Waals surface area (Å²) in [6.45, 7) is -3.25. The summed E-state index contributed by atoms with van der Waals surface area (Å²) in [5.74, 6) is -8.02. The monoisotopic (exact) mass is 366 g/mol. The topological polar surface area (TPSA) is 96.0 Å². The molecule has 2 fully saturated rings. The van der Waals surface area contributed by atoms with Crippen LogP contribution in [0.1, 0.15) is 29.4 Å². The highest BCUT2D eigenvalue weighted by molar-refractivity contribution is 6.01. The number of fused-ring (bicyclic) bond motifs is 3. The number of carbonyl (C=O) groups excluding carboxylic acids is 4. The van der Waals surface area contributed by atoms with E-state index < -0.39 is 60.3 Å². The van der Waals surface area contributed by atoms with E-state index in [4.69, 9.17) is 0 Å².